The highest BCUT2D eigenvalue weighted by molar-refractivity contribution is 5.88. The maximum atomic E-state index is 13.3. The number of rotatable bonds is 9. The molecule has 0 bridgehead atoms. The van der Waals surface area contributed by atoms with Crippen molar-refractivity contribution in [2.24, 2.45) is 5.73 Å². The highest BCUT2D eigenvalue weighted by atomic mass is 19.4. The molecule has 1 aliphatic rings. The number of morpholine rings is 1. The van der Waals surface area contributed by atoms with Crippen LogP contribution in [0.5, 0.6) is 23.1 Å². The van der Waals surface area contributed by atoms with E-state index in [0.29, 0.717) is 48.3 Å². The third-order valence-corrected chi connectivity index (χ3v) is 6.85. The largest absolute Gasteiger partial charge is 0.493 e. The van der Waals surface area contributed by atoms with Crippen molar-refractivity contribution in [3.05, 3.63) is 90.9 Å². The number of amides is 2. The number of alkyl halides is 3. The molecule has 0 aliphatic carbocycles. The summed E-state index contributed by atoms with van der Waals surface area (Å²) < 4.78 is 63.7. The van der Waals surface area contributed by atoms with E-state index in [1.165, 1.54) is 25.6 Å². The summed E-state index contributed by atoms with van der Waals surface area (Å²) in [5, 5.41) is 6.26. The lowest BCUT2D eigenvalue weighted by Gasteiger charge is -2.26. The maximum Gasteiger partial charge on any atom is 0.435 e. The molecule has 1 fully saturated rings. The summed E-state index contributed by atoms with van der Waals surface area (Å²) in [5.74, 6) is 1.11. The van der Waals surface area contributed by atoms with E-state index in [-0.39, 0.29) is 23.1 Å². The van der Waals surface area contributed by atoms with Crippen molar-refractivity contribution in [3.8, 4) is 28.8 Å². The summed E-state index contributed by atoms with van der Waals surface area (Å²) in [6, 6.07) is 21.1. The highest BCUT2D eigenvalue weighted by Crippen LogP contribution is 2.37. The Hall–Kier alpha value is -5.41. The van der Waals surface area contributed by atoms with Crippen LogP contribution >= 0.6 is 0 Å². The molecule has 47 heavy (non-hydrogen) atoms. The molecular weight excluding hydrogens is 619 g/mol. The van der Waals surface area contributed by atoms with Crippen LogP contribution in [0.2, 0.25) is 0 Å². The molecule has 0 unspecified atom stereocenters. The van der Waals surface area contributed by atoms with Crippen LogP contribution in [0.3, 0.4) is 0 Å². The number of hydrogen-bond donors (Lipinski definition) is 2. The molecule has 1 aliphatic heterocycles. The summed E-state index contributed by atoms with van der Waals surface area (Å²) in [6.07, 6.45) is -3.42. The number of carbonyl (C=O) groups excluding carboxylic acids is 1. The Balaban J connectivity index is 0.000000650. The normalized spacial score (nSPS) is 13.4. The average Bonchev–Trinajstić information content (AvgIpc) is 3.50. The summed E-state index contributed by atoms with van der Waals surface area (Å²) in [6.45, 7) is 4.27. The standard InChI is InChI=1S/C26H26F3N7O5.C6H6/c1-38-20-12-18-19(13-21(20)40-10-7-35-5-8-39-9-6-35)31-15-32-24(18)41-17-4-2-3-16(11-17)36-23(33-25(30)37)14-22(34-36)26(27,28)29;1-2-4-6-5-3-1/h2-4,11-15H,5-10H2,1H3,(H3,30,33,37);1-6H. The number of nitrogens with two attached hydrogens (primary N) is 1. The summed E-state index contributed by atoms with van der Waals surface area (Å²) in [5.41, 5.74) is 4.63. The first kappa shape index (κ1) is 33.0. The molecular formula is C32H32F3N7O5. The number of primary amides is 1. The number of ether oxygens (including phenoxy) is 4. The minimum absolute atomic E-state index is 0.175. The van der Waals surface area contributed by atoms with Crippen molar-refractivity contribution in [1.82, 2.24) is 24.6 Å². The third kappa shape index (κ3) is 8.86. The molecule has 1 saturated heterocycles. The Morgan fingerprint density at radius 1 is 0.979 bits per heavy atom. The number of nitrogens with zero attached hydrogens (tertiary/aromatic N) is 5. The number of benzene rings is 3. The van der Waals surface area contributed by atoms with Crippen LogP contribution in [0.15, 0.2) is 85.2 Å². The van der Waals surface area contributed by atoms with E-state index in [0.717, 1.165) is 24.3 Å². The molecule has 2 aromatic heterocycles. The van der Waals surface area contributed by atoms with Crippen molar-refractivity contribution < 1.29 is 36.9 Å². The SMILES string of the molecule is COc1cc2c(Oc3cccc(-n4nc(C(F)(F)F)cc4NC(N)=O)c3)ncnc2cc1OCCN1CCOCC1.c1ccccc1. The first-order valence-corrected chi connectivity index (χ1v) is 14.5. The number of urea groups is 1. The zero-order chi connectivity index (χ0) is 33.2. The minimum Gasteiger partial charge on any atom is -0.493 e. The van der Waals surface area contributed by atoms with E-state index in [1.54, 1.807) is 24.3 Å². The van der Waals surface area contributed by atoms with Crippen LogP contribution < -0.4 is 25.3 Å². The van der Waals surface area contributed by atoms with Gasteiger partial charge in [0, 0.05) is 37.8 Å². The summed E-state index contributed by atoms with van der Waals surface area (Å²) in [4.78, 5) is 22.2. The molecule has 3 N–H and O–H groups in total. The molecule has 6 rings (SSSR count). The lowest BCUT2D eigenvalue weighted by atomic mass is 10.2. The number of nitrogens with one attached hydrogen (secondary N) is 1. The average molecular weight is 652 g/mol. The third-order valence-electron chi connectivity index (χ3n) is 6.85. The number of hydrogen-bond acceptors (Lipinski definition) is 9. The fraction of sp³-hybridized carbons (Fsp3) is 0.250. The Morgan fingerprint density at radius 2 is 1.70 bits per heavy atom. The van der Waals surface area contributed by atoms with E-state index in [9.17, 15) is 18.0 Å². The lowest BCUT2D eigenvalue weighted by molar-refractivity contribution is -0.141. The van der Waals surface area contributed by atoms with Crippen LogP contribution in [0, 0.1) is 0 Å². The van der Waals surface area contributed by atoms with Crippen molar-refractivity contribution in [2.45, 2.75) is 6.18 Å². The number of aromatic nitrogens is 4. The zero-order valence-corrected chi connectivity index (χ0v) is 25.3. The predicted molar refractivity (Wildman–Crippen MR) is 167 cm³/mol. The monoisotopic (exact) mass is 651 g/mol. The Bertz CT molecular complexity index is 1750. The van der Waals surface area contributed by atoms with E-state index in [4.69, 9.17) is 24.7 Å². The van der Waals surface area contributed by atoms with Gasteiger partial charge in [0.1, 0.15) is 24.5 Å². The number of fused-ring (bicyclic) bond motifs is 1. The Labute approximate surface area is 267 Å². The number of methoxy groups -OCH3 is 1. The van der Waals surface area contributed by atoms with Crippen LogP contribution in [0.25, 0.3) is 16.6 Å². The fourth-order valence-corrected chi connectivity index (χ4v) is 4.61. The van der Waals surface area contributed by atoms with Gasteiger partial charge in [-0.1, -0.05) is 42.5 Å². The Kier molecular flexibility index (Phi) is 10.7. The van der Waals surface area contributed by atoms with Gasteiger partial charge in [0.25, 0.3) is 0 Å². The quantitative estimate of drug-likeness (QED) is 0.211. The van der Waals surface area contributed by atoms with Crippen LogP contribution in [0.4, 0.5) is 23.8 Å². The summed E-state index contributed by atoms with van der Waals surface area (Å²) in [7, 11) is 1.51. The minimum atomic E-state index is -4.74. The van der Waals surface area contributed by atoms with Gasteiger partial charge in [-0.05, 0) is 18.2 Å². The zero-order valence-electron chi connectivity index (χ0n) is 25.3. The van der Waals surface area contributed by atoms with Gasteiger partial charge in [0.2, 0.25) is 5.88 Å². The molecule has 0 spiro atoms. The van der Waals surface area contributed by atoms with E-state index >= 15 is 0 Å². The van der Waals surface area contributed by atoms with Gasteiger partial charge in [-0.15, -0.1) is 0 Å². The first-order valence-electron chi connectivity index (χ1n) is 14.5. The molecule has 5 aromatic rings. The smallest absolute Gasteiger partial charge is 0.435 e. The number of anilines is 1. The lowest BCUT2D eigenvalue weighted by Crippen LogP contribution is -2.38. The predicted octanol–water partition coefficient (Wildman–Crippen LogP) is 5.52. The summed E-state index contributed by atoms with van der Waals surface area (Å²) >= 11 is 0. The number of halogens is 3. The van der Waals surface area contributed by atoms with Crippen molar-refractivity contribution in [3.63, 3.8) is 0 Å². The van der Waals surface area contributed by atoms with Gasteiger partial charge in [0.05, 0.1) is 36.9 Å². The molecule has 12 nitrogen and oxygen atoms in total. The molecule has 246 valence electrons. The first-order chi connectivity index (χ1) is 22.7. The van der Waals surface area contributed by atoms with Gasteiger partial charge < -0.3 is 24.7 Å². The fourth-order valence-electron chi connectivity index (χ4n) is 4.61. The molecule has 15 heteroatoms. The van der Waals surface area contributed by atoms with Crippen molar-refractivity contribution in [1.29, 1.82) is 0 Å². The molecule has 2 amide bonds. The van der Waals surface area contributed by atoms with Crippen LogP contribution in [-0.2, 0) is 10.9 Å². The van der Waals surface area contributed by atoms with Gasteiger partial charge in [-0.2, -0.15) is 18.3 Å². The van der Waals surface area contributed by atoms with E-state index < -0.39 is 17.9 Å². The van der Waals surface area contributed by atoms with Gasteiger partial charge in [-0.25, -0.2) is 19.4 Å². The second-order valence-corrected chi connectivity index (χ2v) is 10.1. The topological polar surface area (TPSA) is 139 Å². The van der Waals surface area contributed by atoms with Crippen LogP contribution in [-0.4, -0.2) is 77.2 Å². The van der Waals surface area contributed by atoms with Crippen molar-refractivity contribution >= 4 is 22.8 Å². The van der Waals surface area contributed by atoms with Crippen molar-refractivity contribution in [2.75, 3.05) is 51.9 Å². The molecule has 0 atom stereocenters. The second-order valence-electron chi connectivity index (χ2n) is 10.1. The molecule has 3 aromatic carbocycles. The number of carbonyl (C=O) groups is 1. The van der Waals surface area contributed by atoms with Gasteiger partial charge >= 0.3 is 12.2 Å². The van der Waals surface area contributed by atoms with Crippen LogP contribution in [0.1, 0.15) is 5.69 Å². The molecule has 3 heterocycles. The molecule has 0 radical (unpaired) electrons. The van der Waals surface area contributed by atoms with E-state index in [2.05, 4.69) is 25.3 Å². The Morgan fingerprint density at radius 3 is 2.36 bits per heavy atom. The maximum absolute atomic E-state index is 13.3. The van der Waals surface area contributed by atoms with Gasteiger partial charge in [-0.3, -0.25) is 10.2 Å². The van der Waals surface area contributed by atoms with Gasteiger partial charge in [0.15, 0.2) is 17.2 Å². The molecule has 0 saturated carbocycles. The van der Waals surface area contributed by atoms with E-state index in [1.807, 2.05) is 36.4 Å². The highest BCUT2D eigenvalue weighted by Gasteiger charge is 2.35. The second kappa shape index (κ2) is 15.2.